The molecule has 0 amide bonds. The Hall–Kier alpha value is -0.960. The van der Waals surface area contributed by atoms with E-state index in [0.29, 0.717) is 18.8 Å². The Morgan fingerprint density at radius 3 is 2.53 bits per heavy atom. The van der Waals surface area contributed by atoms with Gasteiger partial charge in [-0.2, -0.15) is 0 Å². The van der Waals surface area contributed by atoms with E-state index in [2.05, 4.69) is 6.92 Å². The molecule has 19 heavy (non-hydrogen) atoms. The normalized spacial score (nSPS) is 28.1. The molecule has 0 heterocycles. The third-order valence-corrected chi connectivity index (χ3v) is 4.29. The van der Waals surface area contributed by atoms with Gasteiger partial charge in [0, 0.05) is 0 Å². The molecule has 2 unspecified atom stereocenters. The SMILES string of the molecule is CCCC1CCCC(O)(c2c(F)cccc2F)CC1. The number of hydrogen-bond donors (Lipinski definition) is 1. The Labute approximate surface area is 113 Å². The molecule has 1 aliphatic carbocycles. The molecule has 1 aliphatic rings. The summed E-state index contributed by atoms with van der Waals surface area (Å²) in [4.78, 5) is 0. The maximum Gasteiger partial charge on any atom is 0.132 e. The molecule has 0 spiro atoms. The summed E-state index contributed by atoms with van der Waals surface area (Å²) in [5.41, 5.74) is -1.47. The minimum absolute atomic E-state index is 0.132. The topological polar surface area (TPSA) is 20.2 Å². The van der Waals surface area contributed by atoms with Gasteiger partial charge in [-0.3, -0.25) is 0 Å². The molecule has 2 atom stereocenters. The van der Waals surface area contributed by atoms with Crippen molar-refractivity contribution in [2.45, 2.75) is 57.5 Å². The lowest BCUT2D eigenvalue weighted by Crippen LogP contribution is -2.27. The van der Waals surface area contributed by atoms with Crippen LogP contribution in [0.1, 0.15) is 57.4 Å². The molecule has 0 aliphatic heterocycles. The first-order valence-electron chi connectivity index (χ1n) is 7.23. The van der Waals surface area contributed by atoms with E-state index >= 15 is 0 Å². The Morgan fingerprint density at radius 2 is 1.89 bits per heavy atom. The average molecular weight is 268 g/mol. The van der Waals surface area contributed by atoms with E-state index in [1.165, 1.54) is 18.2 Å². The number of aliphatic hydroxyl groups is 1. The van der Waals surface area contributed by atoms with Crippen LogP contribution < -0.4 is 0 Å². The van der Waals surface area contributed by atoms with Crippen molar-refractivity contribution in [2.24, 2.45) is 5.92 Å². The fraction of sp³-hybridized carbons (Fsp3) is 0.625. The third-order valence-electron chi connectivity index (χ3n) is 4.29. The maximum atomic E-state index is 13.9. The first kappa shape index (κ1) is 14.4. The van der Waals surface area contributed by atoms with Gasteiger partial charge in [-0.05, 0) is 43.7 Å². The molecule has 1 fully saturated rings. The van der Waals surface area contributed by atoms with Crippen molar-refractivity contribution in [3.05, 3.63) is 35.4 Å². The van der Waals surface area contributed by atoms with Crippen LogP contribution in [0.3, 0.4) is 0 Å². The van der Waals surface area contributed by atoms with Crippen molar-refractivity contribution >= 4 is 0 Å². The number of halogens is 2. The van der Waals surface area contributed by atoms with Gasteiger partial charge in [-0.1, -0.05) is 32.3 Å². The Morgan fingerprint density at radius 1 is 1.21 bits per heavy atom. The van der Waals surface area contributed by atoms with Crippen molar-refractivity contribution in [3.8, 4) is 0 Å². The van der Waals surface area contributed by atoms with Gasteiger partial charge in [-0.15, -0.1) is 0 Å². The Kier molecular flexibility index (Phi) is 4.56. The Balaban J connectivity index is 2.23. The van der Waals surface area contributed by atoms with Gasteiger partial charge >= 0.3 is 0 Å². The van der Waals surface area contributed by atoms with E-state index in [9.17, 15) is 13.9 Å². The highest BCUT2D eigenvalue weighted by Crippen LogP contribution is 2.40. The van der Waals surface area contributed by atoms with Crippen LogP contribution in [0, 0.1) is 17.6 Å². The number of rotatable bonds is 3. The highest BCUT2D eigenvalue weighted by molar-refractivity contribution is 5.26. The van der Waals surface area contributed by atoms with Crippen molar-refractivity contribution in [1.82, 2.24) is 0 Å². The molecular formula is C16H22F2O. The molecule has 106 valence electrons. The fourth-order valence-electron chi connectivity index (χ4n) is 3.28. The maximum absolute atomic E-state index is 13.9. The van der Waals surface area contributed by atoms with Gasteiger partial charge in [0.2, 0.25) is 0 Å². The minimum atomic E-state index is -1.34. The summed E-state index contributed by atoms with van der Waals surface area (Å²) < 4.78 is 27.7. The molecular weight excluding hydrogens is 246 g/mol. The molecule has 0 aromatic heterocycles. The highest BCUT2D eigenvalue weighted by Gasteiger charge is 2.36. The zero-order valence-corrected chi connectivity index (χ0v) is 11.5. The van der Waals surface area contributed by atoms with Crippen LogP contribution in [-0.4, -0.2) is 5.11 Å². The summed E-state index contributed by atoms with van der Waals surface area (Å²) in [7, 11) is 0. The second kappa shape index (κ2) is 6.00. The highest BCUT2D eigenvalue weighted by atomic mass is 19.1. The lowest BCUT2D eigenvalue weighted by Gasteiger charge is -2.28. The van der Waals surface area contributed by atoms with Gasteiger partial charge in [0.05, 0.1) is 11.2 Å². The fourth-order valence-corrected chi connectivity index (χ4v) is 3.28. The molecule has 1 saturated carbocycles. The lowest BCUT2D eigenvalue weighted by atomic mass is 9.85. The quantitative estimate of drug-likeness (QED) is 0.798. The van der Waals surface area contributed by atoms with Crippen LogP contribution in [0.2, 0.25) is 0 Å². The first-order valence-corrected chi connectivity index (χ1v) is 7.23. The zero-order valence-electron chi connectivity index (χ0n) is 11.5. The van der Waals surface area contributed by atoms with E-state index in [-0.39, 0.29) is 5.56 Å². The van der Waals surface area contributed by atoms with Crippen molar-refractivity contribution in [3.63, 3.8) is 0 Å². The van der Waals surface area contributed by atoms with Crippen LogP contribution in [0.25, 0.3) is 0 Å². The van der Waals surface area contributed by atoms with Crippen LogP contribution in [0.15, 0.2) is 18.2 Å². The van der Waals surface area contributed by atoms with Crippen LogP contribution >= 0.6 is 0 Å². The average Bonchev–Trinajstić information content (AvgIpc) is 2.53. The predicted octanol–water partition coefficient (Wildman–Crippen LogP) is 4.53. The molecule has 1 aromatic carbocycles. The second-order valence-electron chi connectivity index (χ2n) is 5.71. The molecule has 2 rings (SSSR count). The molecule has 1 aromatic rings. The monoisotopic (exact) mass is 268 g/mol. The van der Waals surface area contributed by atoms with Crippen LogP contribution in [0.4, 0.5) is 8.78 Å². The molecule has 1 N–H and O–H groups in total. The van der Waals surface area contributed by atoms with Crippen molar-refractivity contribution in [1.29, 1.82) is 0 Å². The van der Waals surface area contributed by atoms with E-state index in [1.807, 2.05) is 0 Å². The summed E-state index contributed by atoms with van der Waals surface area (Å²) in [6, 6.07) is 3.80. The van der Waals surface area contributed by atoms with Gasteiger partial charge in [-0.25, -0.2) is 8.78 Å². The summed E-state index contributed by atoms with van der Waals surface area (Å²) in [6.07, 6.45) is 5.88. The van der Waals surface area contributed by atoms with Crippen LogP contribution in [0.5, 0.6) is 0 Å². The molecule has 0 radical (unpaired) electrons. The van der Waals surface area contributed by atoms with E-state index < -0.39 is 17.2 Å². The van der Waals surface area contributed by atoms with Crippen molar-refractivity contribution < 1.29 is 13.9 Å². The molecule has 1 nitrogen and oxygen atoms in total. The zero-order chi connectivity index (χ0) is 13.9. The molecule has 0 saturated heterocycles. The summed E-state index contributed by atoms with van der Waals surface area (Å²) in [5.74, 6) is -0.679. The molecule has 3 heteroatoms. The predicted molar refractivity (Wildman–Crippen MR) is 71.7 cm³/mol. The van der Waals surface area contributed by atoms with Gasteiger partial charge < -0.3 is 5.11 Å². The van der Waals surface area contributed by atoms with E-state index in [0.717, 1.165) is 32.1 Å². The minimum Gasteiger partial charge on any atom is -0.385 e. The summed E-state index contributed by atoms with van der Waals surface area (Å²) in [6.45, 7) is 2.15. The number of hydrogen-bond acceptors (Lipinski definition) is 1. The molecule has 0 bridgehead atoms. The van der Waals surface area contributed by atoms with Crippen molar-refractivity contribution in [2.75, 3.05) is 0 Å². The number of benzene rings is 1. The largest absolute Gasteiger partial charge is 0.385 e. The smallest absolute Gasteiger partial charge is 0.132 e. The lowest BCUT2D eigenvalue weighted by molar-refractivity contribution is 0.0126. The Bertz CT molecular complexity index is 413. The first-order chi connectivity index (χ1) is 9.07. The van der Waals surface area contributed by atoms with Gasteiger partial charge in [0.25, 0.3) is 0 Å². The third kappa shape index (κ3) is 3.14. The van der Waals surface area contributed by atoms with E-state index in [4.69, 9.17) is 0 Å². The summed E-state index contributed by atoms with van der Waals surface area (Å²) in [5, 5.41) is 10.7. The summed E-state index contributed by atoms with van der Waals surface area (Å²) >= 11 is 0. The van der Waals surface area contributed by atoms with Gasteiger partial charge in [0.1, 0.15) is 11.6 Å². The van der Waals surface area contributed by atoms with Gasteiger partial charge in [0.15, 0.2) is 0 Å². The second-order valence-corrected chi connectivity index (χ2v) is 5.71. The standard InChI is InChI=1S/C16H22F2O/c1-2-5-12-6-4-10-16(19,11-9-12)15-13(17)7-3-8-14(15)18/h3,7-8,12,19H,2,4-6,9-11H2,1H3. The van der Waals surface area contributed by atoms with Crippen LogP contribution in [-0.2, 0) is 5.60 Å². The van der Waals surface area contributed by atoms with E-state index in [1.54, 1.807) is 0 Å².